The fourth-order valence-electron chi connectivity index (χ4n) is 7.32. The van der Waals surface area contributed by atoms with E-state index in [9.17, 15) is 47.1 Å². The number of sulfone groups is 1. The maximum atomic E-state index is 14.7. The number of nitrogens with zero attached hydrogens (tertiary/aromatic N) is 4. The number of amides is 6. The monoisotopic (exact) mass is 817 g/mol. The standard InChI is InChI=1S/C36H51N9O11S/c1-36(2,54)28-18-40-43-45(28)23-17-27(33(50)41-25(30(47)31(38)48)10-6-7-15-39-35(52)53)44(19-23)34(51)26(16-21-8-4-3-5-9-21)42-32(49)22-11-13-24(14-12-22)57(55,56)20-29(37)46/h11-14,18,21,23,25-27,39,54H,3-10,15-17,19-20H2,1-2H3,(H2,37,46)(H2,38,48)(H,41,50)(H,42,49)(H,52,53)/t23-,25?,26+,27-/m0/s1. The number of benzene rings is 1. The number of Topliss-reactive ketones (excluding diaryl/α,β-unsaturated/α-hetero) is 1. The Balaban J connectivity index is 1.65. The molecule has 1 aliphatic carbocycles. The summed E-state index contributed by atoms with van der Waals surface area (Å²) in [6.07, 6.45) is 5.18. The minimum atomic E-state index is -4.05. The highest BCUT2D eigenvalue weighted by Gasteiger charge is 2.45. The Bertz CT molecular complexity index is 1920. The number of carbonyl (C=O) groups is 7. The average Bonchev–Trinajstić information content (AvgIpc) is 3.82. The van der Waals surface area contributed by atoms with E-state index in [0.29, 0.717) is 5.69 Å². The molecule has 1 aromatic carbocycles. The molecule has 1 aromatic heterocycles. The molecule has 20 nitrogen and oxygen atoms in total. The third-order valence-electron chi connectivity index (χ3n) is 10.2. The Morgan fingerprint density at radius 1 is 0.965 bits per heavy atom. The predicted octanol–water partition coefficient (Wildman–Crippen LogP) is -0.347. The molecule has 4 atom stereocenters. The van der Waals surface area contributed by atoms with Crippen LogP contribution in [0.4, 0.5) is 4.79 Å². The summed E-state index contributed by atoms with van der Waals surface area (Å²) in [4.78, 5) is 90.6. The summed E-state index contributed by atoms with van der Waals surface area (Å²) < 4.78 is 26.4. The highest BCUT2D eigenvalue weighted by Crippen LogP contribution is 2.33. The zero-order valence-electron chi connectivity index (χ0n) is 31.9. The van der Waals surface area contributed by atoms with E-state index in [1.165, 1.54) is 41.8 Å². The highest BCUT2D eigenvalue weighted by atomic mass is 32.2. The van der Waals surface area contributed by atoms with Crippen LogP contribution < -0.4 is 27.4 Å². The van der Waals surface area contributed by atoms with Crippen molar-refractivity contribution in [3.63, 3.8) is 0 Å². The van der Waals surface area contributed by atoms with Gasteiger partial charge in [-0.3, -0.25) is 28.8 Å². The van der Waals surface area contributed by atoms with Crippen LogP contribution in [0.1, 0.15) is 100 Å². The molecular weight excluding hydrogens is 767 g/mol. The number of aromatic nitrogens is 3. The summed E-state index contributed by atoms with van der Waals surface area (Å²) in [7, 11) is -4.05. The van der Waals surface area contributed by atoms with E-state index in [4.69, 9.17) is 16.6 Å². The van der Waals surface area contributed by atoms with Crippen LogP contribution in [0.3, 0.4) is 0 Å². The smallest absolute Gasteiger partial charge is 0.404 e. The summed E-state index contributed by atoms with van der Waals surface area (Å²) in [5, 5.41) is 35.3. The first-order valence-electron chi connectivity index (χ1n) is 18.7. The lowest BCUT2D eigenvalue weighted by Gasteiger charge is -2.32. The third-order valence-corrected chi connectivity index (χ3v) is 11.8. The lowest BCUT2D eigenvalue weighted by Crippen LogP contribution is -2.56. The quantitative estimate of drug-likeness (QED) is 0.0706. The van der Waals surface area contributed by atoms with Gasteiger partial charge >= 0.3 is 6.09 Å². The van der Waals surface area contributed by atoms with E-state index in [2.05, 4.69) is 26.3 Å². The molecule has 57 heavy (non-hydrogen) atoms. The van der Waals surface area contributed by atoms with Gasteiger partial charge in [0.1, 0.15) is 23.4 Å². The van der Waals surface area contributed by atoms with Crippen molar-refractivity contribution < 1.29 is 52.2 Å². The van der Waals surface area contributed by atoms with Crippen molar-refractivity contribution in [3.8, 4) is 0 Å². The highest BCUT2D eigenvalue weighted by molar-refractivity contribution is 7.92. The van der Waals surface area contributed by atoms with Crippen LogP contribution in [0.25, 0.3) is 0 Å². The SMILES string of the molecule is CC(C)(O)c1cnnn1[C@H]1C[C@@H](C(=O)NC(CCCCNC(=O)O)C(=O)C(N)=O)N(C(=O)[C@@H](CC2CCCCC2)NC(=O)c2ccc(S(=O)(=O)CC(N)=O)cc2)C1. The lowest BCUT2D eigenvalue weighted by molar-refractivity contribution is -0.142. The molecule has 2 heterocycles. The van der Waals surface area contributed by atoms with Crippen molar-refractivity contribution in [2.45, 2.75) is 113 Å². The van der Waals surface area contributed by atoms with E-state index >= 15 is 0 Å². The molecule has 6 amide bonds. The van der Waals surface area contributed by atoms with Crippen LogP contribution in [0.5, 0.6) is 0 Å². The van der Waals surface area contributed by atoms with Crippen molar-refractivity contribution in [1.82, 2.24) is 35.8 Å². The Morgan fingerprint density at radius 3 is 2.23 bits per heavy atom. The van der Waals surface area contributed by atoms with Crippen LogP contribution >= 0.6 is 0 Å². The molecule has 1 aliphatic heterocycles. The number of carbonyl (C=O) groups excluding carboxylic acids is 6. The van der Waals surface area contributed by atoms with Gasteiger partial charge in [0, 0.05) is 25.1 Å². The molecule has 0 radical (unpaired) electrons. The number of primary amides is 2. The zero-order valence-corrected chi connectivity index (χ0v) is 32.7. The lowest BCUT2D eigenvalue weighted by atomic mass is 9.84. The van der Waals surface area contributed by atoms with Crippen molar-refractivity contribution >= 4 is 51.2 Å². The largest absolute Gasteiger partial charge is 0.465 e. The summed E-state index contributed by atoms with van der Waals surface area (Å²) in [5.41, 5.74) is 9.27. The third kappa shape index (κ3) is 12.0. The van der Waals surface area contributed by atoms with Crippen molar-refractivity contribution in [2.75, 3.05) is 18.8 Å². The molecule has 1 saturated heterocycles. The number of likely N-dealkylation sites (tertiary alicyclic amines) is 1. The molecule has 9 N–H and O–H groups in total. The Kier molecular flexibility index (Phi) is 14.9. The van der Waals surface area contributed by atoms with E-state index in [1.807, 2.05) is 0 Å². The molecule has 2 aliphatic rings. The Hall–Kier alpha value is -5.44. The van der Waals surface area contributed by atoms with Gasteiger partial charge in [-0.1, -0.05) is 37.3 Å². The summed E-state index contributed by atoms with van der Waals surface area (Å²) >= 11 is 0. The van der Waals surface area contributed by atoms with Gasteiger partial charge in [0.25, 0.3) is 11.8 Å². The number of carboxylic acid groups (broad SMARTS) is 1. The van der Waals surface area contributed by atoms with E-state index in [-0.39, 0.29) is 61.6 Å². The van der Waals surface area contributed by atoms with Gasteiger partial charge in [-0.25, -0.2) is 17.9 Å². The van der Waals surface area contributed by atoms with Crippen molar-refractivity contribution in [2.24, 2.45) is 17.4 Å². The summed E-state index contributed by atoms with van der Waals surface area (Å²) in [5.74, 6) is -6.43. The van der Waals surface area contributed by atoms with E-state index in [1.54, 1.807) is 0 Å². The van der Waals surface area contributed by atoms with Crippen LogP contribution in [-0.2, 0) is 39.4 Å². The molecule has 0 spiro atoms. The van der Waals surface area contributed by atoms with Crippen molar-refractivity contribution in [3.05, 3.63) is 41.7 Å². The van der Waals surface area contributed by atoms with Crippen LogP contribution in [0.2, 0.25) is 0 Å². The minimum Gasteiger partial charge on any atom is -0.465 e. The second kappa shape index (κ2) is 19.1. The second-order valence-corrected chi connectivity index (χ2v) is 17.0. The van der Waals surface area contributed by atoms with Gasteiger partial charge in [0.15, 0.2) is 9.84 Å². The average molecular weight is 818 g/mol. The number of ketones is 1. The fourth-order valence-corrected chi connectivity index (χ4v) is 8.41. The molecule has 21 heteroatoms. The normalized spacial score (nSPS) is 18.6. The molecule has 4 rings (SSSR count). The first kappa shape index (κ1) is 44.3. The molecular formula is C36H51N9O11S. The van der Waals surface area contributed by atoms with Gasteiger partial charge in [-0.2, -0.15) is 0 Å². The molecule has 2 fully saturated rings. The first-order chi connectivity index (χ1) is 26.8. The number of hydrogen-bond acceptors (Lipinski definition) is 12. The van der Waals surface area contributed by atoms with E-state index in [0.717, 1.165) is 44.2 Å². The summed E-state index contributed by atoms with van der Waals surface area (Å²) in [6, 6.07) is 0.265. The summed E-state index contributed by atoms with van der Waals surface area (Å²) in [6.45, 7) is 2.97. The van der Waals surface area contributed by atoms with Crippen LogP contribution in [0.15, 0.2) is 35.4 Å². The number of unbranched alkanes of at least 4 members (excludes halogenated alkanes) is 1. The maximum Gasteiger partial charge on any atom is 0.404 e. The van der Waals surface area contributed by atoms with Gasteiger partial charge in [0.2, 0.25) is 23.5 Å². The predicted molar refractivity (Wildman–Crippen MR) is 201 cm³/mol. The molecule has 312 valence electrons. The molecule has 0 bridgehead atoms. The molecule has 1 saturated carbocycles. The topological polar surface area (TPSA) is 316 Å². The Morgan fingerprint density at radius 2 is 1.63 bits per heavy atom. The van der Waals surface area contributed by atoms with Gasteiger partial charge < -0.3 is 42.5 Å². The first-order valence-corrected chi connectivity index (χ1v) is 20.4. The minimum absolute atomic E-state index is 0.0202. The number of nitrogens with one attached hydrogen (secondary N) is 3. The zero-order chi connectivity index (χ0) is 42.1. The molecule has 1 unspecified atom stereocenters. The number of aliphatic hydroxyl groups is 1. The van der Waals surface area contributed by atoms with Crippen LogP contribution in [0, 0.1) is 5.92 Å². The van der Waals surface area contributed by atoms with Gasteiger partial charge in [0.05, 0.1) is 28.9 Å². The maximum absolute atomic E-state index is 14.7. The number of nitrogens with two attached hydrogens (primary N) is 2. The van der Waals surface area contributed by atoms with Crippen LogP contribution in [-0.4, -0.2) is 117 Å². The van der Waals surface area contributed by atoms with Crippen molar-refractivity contribution in [1.29, 1.82) is 0 Å². The Labute approximate surface area is 329 Å². The van der Waals surface area contributed by atoms with Gasteiger partial charge in [-0.15, -0.1) is 5.10 Å². The number of hydrogen-bond donors (Lipinski definition) is 7. The van der Waals surface area contributed by atoms with Gasteiger partial charge in [-0.05, 0) is 69.7 Å². The van der Waals surface area contributed by atoms with E-state index < -0.39 is 86.8 Å². The number of rotatable bonds is 19. The molecule has 2 aromatic rings. The second-order valence-electron chi connectivity index (χ2n) is 15.1. The fraction of sp³-hybridized carbons (Fsp3) is 0.583.